The molecule has 2 aromatic carbocycles. The lowest BCUT2D eigenvalue weighted by Gasteiger charge is -2.34. The van der Waals surface area contributed by atoms with Crippen LogP contribution in [0.5, 0.6) is 0 Å². The van der Waals surface area contributed by atoms with Crippen LogP contribution in [-0.2, 0) is 32.1 Å². The highest BCUT2D eigenvalue weighted by molar-refractivity contribution is 7.97. The van der Waals surface area contributed by atoms with Crippen LogP contribution < -0.4 is 10.2 Å². The maximum absolute atomic E-state index is 13.3. The van der Waals surface area contributed by atoms with Crippen LogP contribution in [0.2, 0.25) is 0 Å². The van der Waals surface area contributed by atoms with Gasteiger partial charge in [-0.2, -0.15) is 9.78 Å². The van der Waals surface area contributed by atoms with Crippen molar-refractivity contribution >= 4 is 23.5 Å². The number of fused-ring (bicyclic) bond motifs is 1. The summed E-state index contributed by atoms with van der Waals surface area (Å²) in [5, 5.41) is 13.4. The van der Waals surface area contributed by atoms with Gasteiger partial charge in [0.05, 0.1) is 13.2 Å². The lowest BCUT2D eigenvalue weighted by atomic mass is 10.0. The molecule has 0 bridgehead atoms. The molecule has 170 valence electrons. The van der Waals surface area contributed by atoms with Crippen molar-refractivity contribution in [2.24, 2.45) is 0 Å². The van der Waals surface area contributed by atoms with Gasteiger partial charge in [0, 0.05) is 30.1 Å². The van der Waals surface area contributed by atoms with Gasteiger partial charge in [0.2, 0.25) is 5.91 Å². The van der Waals surface area contributed by atoms with E-state index in [2.05, 4.69) is 28.4 Å². The number of carbonyl (C=O) groups is 1. The van der Waals surface area contributed by atoms with Gasteiger partial charge in [0.25, 0.3) is 0 Å². The normalized spacial score (nSPS) is 23.3. The first-order chi connectivity index (χ1) is 15.5. The van der Waals surface area contributed by atoms with Crippen LogP contribution in [0.3, 0.4) is 0 Å². The van der Waals surface area contributed by atoms with E-state index in [1.54, 1.807) is 11.9 Å². The van der Waals surface area contributed by atoms with E-state index < -0.39 is 12.0 Å². The van der Waals surface area contributed by atoms with Crippen molar-refractivity contribution in [2.45, 2.75) is 35.8 Å². The fourth-order valence-corrected chi connectivity index (χ4v) is 5.19. The molecule has 0 spiro atoms. The Morgan fingerprint density at radius 3 is 2.69 bits per heavy atom. The van der Waals surface area contributed by atoms with Crippen molar-refractivity contribution in [1.82, 2.24) is 9.62 Å². The monoisotopic (exact) mass is 457 g/mol. The first-order valence-corrected chi connectivity index (χ1v) is 11.6. The van der Waals surface area contributed by atoms with Crippen LogP contribution in [-0.4, -0.2) is 66.7 Å². The molecule has 1 amide bonds. The number of nitrogens with zero attached hydrogens (tertiary/aromatic N) is 2. The molecule has 32 heavy (non-hydrogen) atoms. The van der Waals surface area contributed by atoms with E-state index in [-0.39, 0.29) is 11.9 Å². The third-order valence-electron chi connectivity index (χ3n) is 6.11. The largest absolute Gasteiger partial charge is 0.378 e. The number of amides is 1. The second-order valence-electron chi connectivity index (χ2n) is 8.30. The summed E-state index contributed by atoms with van der Waals surface area (Å²) in [5.41, 5.74) is 3.28. The molecule has 2 N–H and O–H groups in total. The van der Waals surface area contributed by atoms with E-state index >= 15 is 0 Å². The quantitative estimate of drug-likeness (QED) is 0.385. The minimum Gasteiger partial charge on any atom is -0.378 e. The van der Waals surface area contributed by atoms with E-state index in [9.17, 15) is 9.90 Å². The Labute approximate surface area is 191 Å². The Morgan fingerprint density at radius 1 is 1.22 bits per heavy atom. The number of hydrogen-bond acceptors (Lipinski definition) is 8. The van der Waals surface area contributed by atoms with E-state index in [1.165, 1.54) is 0 Å². The minimum absolute atomic E-state index is 0.170. The number of anilines is 1. The highest BCUT2D eigenvalue weighted by atomic mass is 32.2. The molecule has 2 fully saturated rings. The summed E-state index contributed by atoms with van der Waals surface area (Å²) < 4.78 is 7.42. The maximum atomic E-state index is 13.3. The van der Waals surface area contributed by atoms with Crippen LogP contribution in [0.25, 0.3) is 0 Å². The Kier molecular flexibility index (Phi) is 6.11. The Morgan fingerprint density at radius 2 is 1.97 bits per heavy atom. The molecule has 3 aliphatic rings. The number of hydrogen-bond donors (Lipinski definition) is 2. The van der Waals surface area contributed by atoms with Gasteiger partial charge in [0.1, 0.15) is 12.1 Å². The van der Waals surface area contributed by atoms with Gasteiger partial charge in [-0.1, -0.05) is 30.3 Å². The number of carbonyl (C=O) groups excluding carboxylic acids is 1. The molecule has 5 rings (SSSR count). The smallest absolute Gasteiger partial charge is 0.358 e. The van der Waals surface area contributed by atoms with Crippen molar-refractivity contribution in [3.63, 3.8) is 0 Å². The SMILES string of the molecule is CN1Sc2ccc(N3CCOCC3)cc2CC1C(=O)N[C@@H](Cc1ccccc1)C1(O)OO1. The van der Waals surface area contributed by atoms with Gasteiger partial charge in [-0.3, -0.25) is 4.79 Å². The summed E-state index contributed by atoms with van der Waals surface area (Å²) in [6.45, 7) is 3.20. The standard InChI is InChI=1S/C23H27N3O5S/c1-25-19(15-17-14-18(7-8-20(17)32-25)26-9-11-29-12-10-26)22(27)24-21(23(28)30-31-23)13-16-5-3-2-4-6-16/h2-8,14,19,21,28H,9-13,15H2,1H3,(H,24,27)/t19?,21-/m0/s1. The highest BCUT2D eigenvalue weighted by Gasteiger charge is 2.56. The summed E-state index contributed by atoms with van der Waals surface area (Å²) in [7, 11) is 1.92. The van der Waals surface area contributed by atoms with Gasteiger partial charge >= 0.3 is 5.97 Å². The van der Waals surface area contributed by atoms with E-state index in [4.69, 9.17) is 14.5 Å². The molecule has 2 aromatic rings. The number of morpholine rings is 1. The molecule has 0 aromatic heterocycles. The van der Waals surface area contributed by atoms with Gasteiger partial charge < -0.3 is 20.1 Å². The fraction of sp³-hybridized carbons (Fsp3) is 0.435. The molecule has 9 heteroatoms. The first kappa shape index (κ1) is 21.7. The molecule has 0 radical (unpaired) electrons. The van der Waals surface area contributed by atoms with E-state index in [0.717, 1.165) is 48.0 Å². The van der Waals surface area contributed by atoms with Crippen molar-refractivity contribution in [3.8, 4) is 0 Å². The molecular formula is C23H27N3O5S. The zero-order chi connectivity index (χ0) is 22.1. The van der Waals surface area contributed by atoms with Crippen LogP contribution in [0, 0.1) is 0 Å². The number of ether oxygens (including phenoxy) is 1. The molecule has 1 unspecified atom stereocenters. The third-order valence-corrected chi connectivity index (χ3v) is 7.25. The number of benzene rings is 2. The van der Waals surface area contributed by atoms with E-state index in [0.29, 0.717) is 12.8 Å². The Balaban J connectivity index is 1.30. The van der Waals surface area contributed by atoms with Crippen LogP contribution in [0.1, 0.15) is 11.1 Å². The molecular weight excluding hydrogens is 430 g/mol. The van der Waals surface area contributed by atoms with Crippen molar-refractivity contribution in [2.75, 3.05) is 38.3 Å². The predicted molar refractivity (Wildman–Crippen MR) is 120 cm³/mol. The third kappa shape index (κ3) is 4.63. The second kappa shape index (κ2) is 9.01. The van der Waals surface area contributed by atoms with Crippen LogP contribution in [0.15, 0.2) is 53.4 Å². The van der Waals surface area contributed by atoms with Crippen LogP contribution >= 0.6 is 11.9 Å². The summed E-state index contributed by atoms with van der Waals surface area (Å²) in [6.07, 6.45) is 0.978. The molecule has 0 saturated carbocycles. The van der Waals surface area contributed by atoms with Crippen LogP contribution in [0.4, 0.5) is 5.69 Å². The topological polar surface area (TPSA) is 90.1 Å². The summed E-state index contributed by atoms with van der Waals surface area (Å²) >= 11 is 1.56. The first-order valence-electron chi connectivity index (χ1n) is 10.8. The van der Waals surface area contributed by atoms with Crippen molar-refractivity contribution in [1.29, 1.82) is 0 Å². The fourth-order valence-electron chi connectivity index (χ4n) is 4.19. The Hall–Kier alpha value is -2.14. The molecule has 2 saturated heterocycles. The number of nitrogens with one attached hydrogen (secondary N) is 1. The zero-order valence-electron chi connectivity index (χ0n) is 17.9. The van der Waals surface area contributed by atoms with Gasteiger partial charge in [-0.25, -0.2) is 4.31 Å². The molecule has 0 aliphatic carbocycles. The summed E-state index contributed by atoms with van der Waals surface area (Å²) in [4.78, 5) is 26.3. The molecule has 8 nitrogen and oxygen atoms in total. The summed E-state index contributed by atoms with van der Waals surface area (Å²) in [6, 6.07) is 15.0. The highest BCUT2D eigenvalue weighted by Crippen LogP contribution is 2.37. The zero-order valence-corrected chi connectivity index (χ0v) is 18.7. The lowest BCUT2D eigenvalue weighted by molar-refractivity contribution is -0.128. The average Bonchev–Trinajstić information content (AvgIpc) is 3.57. The number of aliphatic hydroxyl groups is 1. The predicted octanol–water partition coefficient (Wildman–Crippen LogP) is 1.72. The lowest BCUT2D eigenvalue weighted by Crippen LogP contribution is -2.53. The minimum atomic E-state index is -1.78. The van der Waals surface area contributed by atoms with Gasteiger partial charge in [0.15, 0.2) is 0 Å². The second-order valence-corrected chi connectivity index (χ2v) is 9.50. The maximum Gasteiger partial charge on any atom is 0.358 e. The average molecular weight is 458 g/mol. The molecule has 3 heterocycles. The van der Waals surface area contributed by atoms with Crippen molar-refractivity contribution in [3.05, 3.63) is 59.7 Å². The number of likely N-dealkylation sites (N-methyl/N-ethyl adjacent to an activating group) is 1. The summed E-state index contributed by atoms with van der Waals surface area (Å²) in [5.74, 6) is -1.95. The van der Waals surface area contributed by atoms with Crippen molar-refractivity contribution < 1.29 is 24.4 Å². The van der Waals surface area contributed by atoms with E-state index in [1.807, 2.05) is 41.7 Å². The Bertz CT molecular complexity index is 965. The molecule has 3 aliphatic heterocycles. The number of rotatable bonds is 6. The van der Waals surface area contributed by atoms with Gasteiger partial charge in [-0.15, -0.1) is 0 Å². The molecule has 2 atom stereocenters. The van der Waals surface area contributed by atoms with Gasteiger partial charge in [-0.05, 0) is 54.7 Å².